The lowest BCUT2D eigenvalue weighted by atomic mass is 9.80. The highest BCUT2D eigenvalue weighted by atomic mass is 16.2. The smallest absolute Gasteiger partial charge is 0.239 e. The van der Waals surface area contributed by atoms with Crippen LogP contribution in [0.1, 0.15) is 33.1 Å². The molecule has 1 aliphatic rings. The average molecular weight is 241 g/mol. The largest absolute Gasteiger partial charge is 0.355 e. The zero-order chi connectivity index (χ0) is 12.7. The maximum absolute atomic E-state index is 12.0. The lowest BCUT2D eigenvalue weighted by Crippen LogP contribution is -2.48. The van der Waals surface area contributed by atoms with E-state index in [2.05, 4.69) is 16.0 Å². The Labute approximate surface area is 103 Å². The Kier molecular flexibility index (Phi) is 5.41. The van der Waals surface area contributed by atoms with Gasteiger partial charge in [-0.1, -0.05) is 13.8 Å². The van der Waals surface area contributed by atoms with Crippen LogP contribution in [0.4, 0.5) is 0 Å². The van der Waals surface area contributed by atoms with E-state index in [9.17, 15) is 9.59 Å². The normalized spacial score (nSPS) is 18.5. The Bertz CT molecular complexity index is 273. The fraction of sp³-hybridized carbons (Fsp3) is 0.833. The first-order valence-corrected chi connectivity index (χ1v) is 6.34. The van der Waals surface area contributed by atoms with Crippen LogP contribution in [0.5, 0.6) is 0 Å². The van der Waals surface area contributed by atoms with Crippen LogP contribution in [0.25, 0.3) is 0 Å². The molecular weight excluding hydrogens is 218 g/mol. The summed E-state index contributed by atoms with van der Waals surface area (Å²) in [5.74, 6) is -0.122. The van der Waals surface area contributed by atoms with Crippen LogP contribution in [0, 0.1) is 5.41 Å². The summed E-state index contributed by atoms with van der Waals surface area (Å²) in [4.78, 5) is 23.3. The van der Waals surface area contributed by atoms with Crippen molar-refractivity contribution in [3.63, 3.8) is 0 Å². The second-order valence-electron chi connectivity index (χ2n) is 4.84. The summed E-state index contributed by atoms with van der Waals surface area (Å²) in [5.41, 5.74) is -0.323. The molecule has 0 aromatic rings. The highest BCUT2D eigenvalue weighted by molar-refractivity contribution is 5.87. The Balaban J connectivity index is 2.30. The number of hydrogen-bond acceptors (Lipinski definition) is 3. The molecular formula is C12H23N3O2. The molecule has 0 saturated carbocycles. The van der Waals surface area contributed by atoms with E-state index in [1.807, 2.05) is 13.8 Å². The molecule has 0 aromatic carbocycles. The van der Waals surface area contributed by atoms with Crippen LogP contribution >= 0.6 is 0 Å². The lowest BCUT2D eigenvalue weighted by Gasteiger charge is -2.32. The predicted octanol–water partition coefficient (Wildman–Crippen LogP) is 0.0185. The van der Waals surface area contributed by atoms with Crippen molar-refractivity contribution in [1.82, 2.24) is 16.0 Å². The van der Waals surface area contributed by atoms with Gasteiger partial charge in [-0.25, -0.2) is 0 Å². The first-order valence-electron chi connectivity index (χ1n) is 6.34. The molecule has 0 aliphatic carbocycles. The number of carbonyl (C=O) groups is 2. The quantitative estimate of drug-likeness (QED) is 0.635. The van der Waals surface area contributed by atoms with Crippen molar-refractivity contribution in [1.29, 1.82) is 0 Å². The molecule has 1 fully saturated rings. The summed E-state index contributed by atoms with van der Waals surface area (Å²) in [6, 6.07) is 0. The number of carbonyl (C=O) groups excluding carboxylic acids is 2. The summed E-state index contributed by atoms with van der Waals surface area (Å²) in [6.07, 6.45) is 2.56. The van der Waals surface area contributed by atoms with Crippen LogP contribution < -0.4 is 16.0 Å². The van der Waals surface area contributed by atoms with Crippen molar-refractivity contribution in [2.24, 2.45) is 5.41 Å². The van der Waals surface area contributed by atoms with Gasteiger partial charge in [-0.15, -0.1) is 0 Å². The van der Waals surface area contributed by atoms with Crippen molar-refractivity contribution in [2.45, 2.75) is 33.1 Å². The van der Waals surface area contributed by atoms with Gasteiger partial charge in [0.05, 0.1) is 6.54 Å². The summed E-state index contributed by atoms with van der Waals surface area (Å²) in [5, 5.41) is 8.69. The van der Waals surface area contributed by atoms with Gasteiger partial charge in [-0.05, 0) is 32.4 Å². The third kappa shape index (κ3) is 4.34. The number of rotatable bonds is 5. The fourth-order valence-corrected chi connectivity index (χ4v) is 1.91. The van der Waals surface area contributed by atoms with Crippen molar-refractivity contribution >= 4 is 11.8 Å². The van der Waals surface area contributed by atoms with Gasteiger partial charge in [0, 0.05) is 12.0 Å². The zero-order valence-electron chi connectivity index (χ0n) is 10.8. The molecule has 0 radical (unpaired) electrons. The molecule has 5 heteroatoms. The Morgan fingerprint density at radius 1 is 1.24 bits per heavy atom. The van der Waals surface area contributed by atoms with E-state index >= 15 is 0 Å². The molecule has 0 atom stereocenters. The summed E-state index contributed by atoms with van der Waals surface area (Å²) >= 11 is 0. The third-order valence-electron chi connectivity index (χ3n) is 3.24. The Hall–Kier alpha value is -1.10. The van der Waals surface area contributed by atoms with Gasteiger partial charge in [-0.3, -0.25) is 9.59 Å². The van der Waals surface area contributed by atoms with E-state index in [0.29, 0.717) is 6.54 Å². The van der Waals surface area contributed by atoms with Crippen LogP contribution in [0.2, 0.25) is 0 Å². The molecule has 0 spiro atoms. The van der Waals surface area contributed by atoms with E-state index in [-0.39, 0.29) is 23.8 Å². The zero-order valence-corrected chi connectivity index (χ0v) is 10.8. The first kappa shape index (κ1) is 14.0. The van der Waals surface area contributed by atoms with Gasteiger partial charge < -0.3 is 16.0 Å². The van der Waals surface area contributed by atoms with E-state index < -0.39 is 0 Å². The van der Waals surface area contributed by atoms with E-state index in [0.717, 1.165) is 32.4 Å². The molecule has 1 aliphatic heterocycles. The van der Waals surface area contributed by atoms with Gasteiger partial charge in [0.15, 0.2) is 0 Å². The Morgan fingerprint density at radius 2 is 1.88 bits per heavy atom. The topological polar surface area (TPSA) is 70.2 Å². The molecule has 3 N–H and O–H groups in total. The van der Waals surface area contributed by atoms with Gasteiger partial charge in [-0.2, -0.15) is 0 Å². The number of hydrogen-bond donors (Lipinski definition) is 3. The standard InChI is InChI=1S/C12H23N3O2/c1-3-6-14-10(16)9-15-11(17)12(2)4-7-13-8-5-12/h13H,3-9H2,1-2H3,(H,14,16)(H,15,17). The summed E-state index contributed by atoms with van der Waals surface area (Å²) < 4.78 is 0. The second kappa shape index (κ2) is 6.59. The number of nitrogens with one attached hydrogen (secondary N) is 3. The summed E-state index contributed by atoms with van der Waals surface area (Å²) in [6.45, 7) is 6.44. The highest BCUT2D eigenvalue weighted by Gasteiger charge is 2.34. The molecule has 98 valence electrons. The monoisotopic (exact) mass is 241 g/mol. The number of amides is 2. The van der Waals surface area contributed by atoms with Crippen LogP contribution in [0.3, 0.4) is 0 Å². The predicted molar refractivity (Wildman–Crippen MR) is 66.5 cm³/mol. The molecule has 1 saturated heterocycles. The minimum absolute atomic E-state index is 0.00866. The number of piperidine rings is 1. The molecule has 2 amide bonds. The highest BCUT2D eigenvalue weighted by Crippen LogP contribution is 2.27. The third-order valence-corrected chi connectivity index (χ3v) is 3.24. The van der Waals surface area contributed by atoms with Crippen molar-refractivity contribution in [3.05, 3.63) is 0 Å². The van der Waals surface area contributed by atoms with Gasteiger partial charge in [0.25, 0.3) is 0 Å². The van der Waals surface area contributed by atoms with Crippen molar-refractivity contribution in [2.75, 3.05) is 26.2 Å². The molecule has 0 bridgehead atoms. The SMILES string of the molecule is CCCNC(=O)CNC(=O)C1(C)CCNCC1. The lowest BCUT2D eigenvalue weighted by molar-refractivity contribution is -0.133. The van der Waals surface area contributed by atoms with Gasteiger partial charge >= 0.3 is 0 Å². The minimum atomic E-state index is -0.323. The molecule has 1 heterocycles. The molecule has 17 heavy (non-hydrogen) atoms. The molecule has 5 nitrogen and oxygen atoms in total. The van der Waals surface area contributed by atoms with Crippen LogP contribution in [-0.2, 0) is 9.59 Å². The maximum atomic E-state index is 12.0. The minimum Gasteiger partial charge on any atom is -0.355 e. The molecule has 0 aromatic heterocycles. The second-order valence-corrected chi connectivity index (χ2v) is 4.84. The van der Waals surface area contributed by atoms with Crippen molar-refractivity contribution in [3.8, 4) is 0 Å². The van der Waals surface area contributed by atoms with E-state index in [1.165, 1.54) is 0 Å². The fourth-order valence-electron chi connectivity index (χ4n) is 1.91. The van der Waals surface area contributed by atoms with Crippen LogP contribution in [0.15, 0.2) is 0 Å². The molecule has 0 unspecified atom stereocenters. The van der Waals surface area contributed by atoms with E-state index in [4.69, 9.17) is 0 Å². The van der Waals surface area contributed by atoms with E-state index in [1.54, 1.807) is 0 Å². The maximum Gasteiger partial charge on any atom is 0.239 e. The van der Waals surface area contributed by atoms with Crippen LogP contribution in [-0.4, -0.2) is 38.0 Å². The van der Waals surface area contributed by atoms with Crippen molar-refractivity contribution < 1.29 is 9.59 Å². The Morgan fingerprint density at radius 3 is 2.47 bits per heavy atom. The van der Waals surface area contributed by atoms with Gasteiger partial charge in [0.1, 0.15) is 0 Å². The average Bonchev–Trinajstić information content (AvgIpc) is 2.34. The first-order chi connectivity index (χ1) is 8.08. The summed E-state index contributed by atoms with van der Waals surface area (Å²) in [7, 11) is 0. The van der Waals surface area contributed by atoms with Gasteiger partial charge in [0.2, 0.25) is 11.8 Å². The molecule has 1 rings (SSSR count).